The van der Waals surface area contributed by atoms with Crippen LogP contribution in [-0.4, -0.2) is 8.07 Å². The van der Waals surface area contributed by atoms with Crippen LogP contribution in [0.5, 0.6) is 0 Å². The van der Waals surface area contributed by atoms with Gasteiger partial charge in [-0.1, -0.05) is 207 Å². The molecule has 0 amide bonds. The smallest absolute Gasteiger partial charge is 0.159 e. The lowest BCUT2D eigenvalue weighted by atomic mass is 9.49. The molecule has 0 N–H and O–H groups in total. The molecule has 0 unspecified atom stereocenters. The van der Waals surface area contributed by atoms with E-state index in [-0.39, 0.29) is 10.8 Å². The van der Waals surface area contributed by atoms with Gasteiger partial charge in [-0.3, -0.25) is 0 Å². The molecule has 2 heterocycles. The van der Waals surface area contributed by atoms with E-state index in [4.69, 9.17) is 8.83 Å². The number of hydrogen-bond donors (Lipinski definition) is 0. The van der Waals surface area contributed by atoms with E-state index in [1.165, 1.54) is 65.1 Å². The van der Waals surface area contributed by atoms with E-state index in [0.717, 1.165) is 78.2 Å². The van der Waals surface area contributed by atoms with Crippen molar-refractivity contribution in [1.82, 2.24) is 0 Å². The van der Waals surface area contributed by atoms with E-state index in [1.54, 1.807) is 0 Å². The summed E-state index contributed by atoms with van der Waals surface area (Å²) in [6.07, 6.45) is 0. The summed E-state index contributed by atoms with van der Waals surface area (Å²) in [5, 5.41) is 13.4. The molecule has 0 saturated carbocycles. The summed E-state index contributed by atoms with van der Waals surface area (Å²) in [5.41, 5.74) is 15.8. The van der Waals surface area contributed by atoms with Crippen LogP contribution in [0.4, 0.5) is 34.1 Å². The molecule has 4 nitrogen and oxygen atoms in total. The van der Waals surface area contributed by atoms with Crippen molar-refractivity contribution < 1.29 is 8.83 Å². The summed E-state index contributed by atoms with van der Waals surface area (Å²) in [4.78, 5) is 4.79. The van der Waals surface area contributed by atoms with E-state index in [1.807, 2.05) is 0 Å². The Balaban J connectivity index is 1.01. The highest BCUT2D eigenvalue weighted by Gasteiger charge is 2.59. The van der Waals surface area contributed by atoms with E-state index in [9.17, 15) is 0 Å². The number of nitrogens with zero attached hydrogens (tertiary/aromatic N) is 2. The van der Waals surface area contributed by atoms with Gasteiger partial charge in [0.25, 0.3) is 0 Å². The maximum atomic E-state index is 7.11. The summed E-state index contributed by atoms with van der Waals surface area (Å²) >= 11 is 0. The first-order chi connectivity index (χ1) is 37.5. The van der Waals surface area contributed by atoms with Crippen molar-refractivity contribution in [3.05, 3.63) is 223 Å². The van der Waals surface area contributed by atoms with Crippen LogP contribution in [0.3, 0.4) is 0 Å². The van der Waals surface area contributed by atoms with Crippen LogP contribution in [0.15, 0.2) is 215 Å². The third-order valence-corrected chi connectivity index (χ3v) is 19.3. The fourth-order valence-electron chi connectivity index (χ4n) is 14.5. The Morgan fingerprint density at radius 3 is 1.45 bits per heavy atom. The van der Waals surface area contributed by atoms with Gasteiger partial charge in [0.15, 0.2) is 11.2 Å². The van der Waals surface area contributed by atoms with Gasteiger partial charge in [-0.15, -0.1) is 0 Å². The number of fused-ring (bicyclic) bond motifs is 16. The predicted molar refractivity (Wildman–Crippen MR) is 336 cm³/mol. The van der Waals surface area contributed by atoms with Gasteiger partial charge in [-0.2, -0.15) is 0 Å². The molecule has 1 aliphatic rings. The van der Waals surface area contributed by atoms with Crippen molar-refractivity contribution in [2.24, 2.45) is 10.8 Å². The summed E-state index contributed by atoms with van der Waals surface area (Å²) in [7, 11) is -1.73. The molecular formula is C73H64N2O2Si. The number of aryl methyl sites for hydroxylation is 1. The molecule has 0 fully saturated rings. The van der Waals surface area contributed by atoms with Crippen LogP contribution >= 0.6 is 0 Å². The number of benzene rings is 11. The summed E-state index contributed by atoms with van der Waals surface area (Å²) in [6, 6.07) is 76.3. The minimum absolute atomic E-state index is 0.237. The normalized spacial score (nSPS) is 13.6. The van der Waals surface area contributed by atoms with Gasteiger partial charge in [-0.05, 0) is 144 Å². The topological polar surface area (TPSA) is 32.8 Å². The first-order valence-electron chi connectivity index (χ1n) is 27.7. The SMILES string of the molecule is Cc1cccc2c1oc1c(N(c3ccccc3)c3ccc4c5c(c6ccccc6c4c3)-c3ccc4cc(N(c6ccccc6)c6cccc7c6oc6c([Si](C)(C)C)cccc67)ccc4c3C5(C(C)(C)C)C(C)(C)C)cccc12. The zero-order valence-electron chi connectivity index (χ0n) is 46.3. The van der Waals surface area contributed by atoms with Crippen molar-refractivity contribution in [2.45, 2.75) is 73.5 Å². The molecule has 13 aromatic rings. The van der Waals surface area contributed by atoms with Gasteiger partial charge in [0, 0.05) is 49.7 Å². The highest BCUT2D eigenvalue weighted by atomic mass is 28.3. The van der Waals surface area contributed by atoms with Gasteiger partial charge in [-0.25, -0.2) is 0 Å². The van der Waals surface area contributed by atoms with Gasteiger partial charge in [0.2, 0.25) is 0 Å². The Hall–Kier alpha value is -8.38. The van der Waals surface area contributed by atoms with Gasteiger partial charge >= 0.3 is 0 Å². The highest BCUT2D eigenvalue weighted by molar-refractivity contribution is 6.90. The Kier molecular flexibility index (Phi) is 10.5. The van der Waals surface area contributed by atoms with Crippen molar-refractivity contribution >= 4 is 124 Å². The third-order valence-electron chi connectivity index (χ3n) is 17.3. The van der Waals surface area contributed by atoms with Gasteiger partial charge in [0.1, 0.15) is 11.2 Å². The third kappa shape index (κ3) is 6.83. The highest BCUT2D eigenvalue weighted by Crippen LogP contribution is 2.68. The van der Waals surface area contributed by atoms with Gasteiger partial charge < -0.3 is 18.6 Å². The van der Waals surface area contributed by atoms with Crippen LogP contribution in [-0.2, 0) is 5.41 Å². The summed E-state index contributed by atoms with van der Waals surface area (Å²) < 4.78 is 14.0. The number of rotatable bonds is 7. The maximum absolute atomic E-state index is 7.11. The first-order valence-corrected chi connectivity index (χ1v) is 31.2. The second-order valence-electron chi connectivity index (χ2n) is 24.9. The molecule has 0 radical (unpaired) electrons. The van der Waals surface area contributed by atoms with E-state index in [2.05, 4.69) is 284 Å². The molecule has 382 valence electrons. The number of para-hydroxylation sites is 6. The van der Waals surface area contributed by atoms with Crippen molar-refractivity contribution in [2.75, 3.05) is 9.80 Å². The average molecular weight is 1030 g/mol. The fraction of sp³-hybridized carbons (Fsp3) is 0.178. The molecule has 0 bridgehead atoms. The van der Waals surface area contributed by atoms with Gasteiger partial charge in [0.05, 0.1) is 19.4 Å². The van der Waals surface area contributed by atoms with Crippen LogP contribution in [0.25, 0.3) is 87.3 Å². The average Bonchev–Trinajstić information content (AvgIpc) is 4.29. The molecule has 14 rings (SSSR count). The maximum Gasteiger partial charge on any atom is 0.159 e. The zero-order valence-corrected chi connectivity index (χ0v) is 47.3. The van der Waals surface area contributed by atoms with Crippen LogP contribution in [0, 0.1) is 17.8 Å². The Labute approximate surface area is 458 Å². The fourth-order valence-corrected chi connectivity index (χ4v) is 16.0. The largest absolute Gasteiger partial charge is 0.454 e. The van der Waals surface area contributed by atoms with Crippen LogP contribution in [0.1, 0.15) is 58.2 Å². The number of furan rings is 2. The lowest BCUT2D eigenvalue weighted by molar-refractivity contribution is 0.0977. The minimum Gasteiger partial charge on any atom is -0.454 e. The zero-order chi connectivity index (χ0) is 53.6. The number of anilines is 6. The molecule has 5 heteroatoms. The molecule has 0 aliphatic heterocycles. The van der Waals surface area contributed by atoms with E-state index < -0.39 is 13.5 Å². The number of hydrogen-bond acceptors (Lipinski definition) is 4. The van der Waals surface area contributed by atoms with E-state index in [0.29, 0.717) is 0 Å². The standard InChI is InChI=1S/C73H64N2O2Si/c1-45-23-19-30-55-56-31-20-34-61(68(56)76-67(45)55)75(48-26-15-12-16-27-48)50-39-42-54-60(44-50)52-28-17-18-29-53(52)64-59-40-37-46-43-49(38-41-51(46)65(59)73(66(54)64,71(2,3)4)72(5,6)7)74(47-24-13-11-14-25-47)62-35-21-32-57-58-33-22-36-63(78(8,9)10)70(58)77-69(57)62/h11-44H,1-10H3. The van der Waals surface area contributed by atoms with Crippen molar-refractivity contribution in [1.29, 1.82) is 0 Å². The predicted octanol–water partition coefficient (Wildman–Crippen LogP) is 21.1. The second kappa shape index (κ2) is 17.1. The van der Waals surface area contributed by atoms with Crippen molar-refractivity contribution in [3.8, 4) is 11.1 Å². The second-order valence-corrected chi connectivity index (χ2v) is 29.9. The summed E-state index contributed by atoms with van der Waals surface area (Å²) in [6.45, 7) is 24.2. The Bertz CT molecular complexity index is 4570. The molecule has 2 aromatic heterocycles. The molecule has 0 saturated heterocycles. The molecule has 11 aromatic carbocycles. The van der Waals surface area contributed by atoms with Crippen LogP contribution in [0.2, 0.25) is 19.6 Å². The molecule has 78 heavy (non-hydrogen) atoms. The van der Waals surface area contributed by atoms with E-state index >= 15 is 0 Å². The summed E-state index contributed by atoms with van der Waals surface area (Å²) in [5.74, 6) is 0. The quantitative estimate of drug-likeness (QED) is 0.118. The lowest BCUT2D eigenvalue weighted by Gasteiger charge is -2.54. The molecule has 0 spiro atoms. The van der Waals surface area contributed by atoms with Crippen molar-refractivity contribution in [3.63, 3.8) is 0 Å². The lowest BCUT2D eigenvalue weighted by Crippen LogP contribution is -2.50. The van der Waals surface area contributed by atoms with Crippen LogP contribution < -0.4 is 15.0 Å². The first kappa shape index (κ1) is 48.0. The Morgan fingerprint density at radius 2 is 0.859 bits per heavy atom. The minimum atomic E-state index is -1.73. The molecule has 0 atom stereocenters. The monoisotopic (exact) mass is 1030 g/mol. The Morgan fingerprint density at radius 1 is 0.372 bits per heavy atom. The molecular weight excluding hydrogens is 965 g/mol. The molecule has 1 aliphatic carbocycles.